The average molecular weight is 436 g/mol. The molecule has 1 fully saturated rings. The number of nitrogens with zero attached hydrogens (tertiary/aromatic N) is 2. The number of hydrogen-bond donors (Lipinski definition) is 1. The van der Waals surface area contributed by atoms with Gasteiger partial charge in [-0.05, 0) is 79.3 Å². The number of rotatable bonds is 7. The van der Waals surface area contributed by atoms with E-state index in [0.29, 0.717) is 17.8 Å². The molecular formula is C26H33N3OS. The van der Waals surface area contributed by atoms with E-state index in [0.717, 1.165) is 18.1 Å². The highest BCUT2D eigenvalue weighted by molar-refractivity contribution is 7.15. The highest BCUT2D eigenvalue weighted by Gasteiger charge is 2.23. The number of aromatic nitrogens is 2. The monoisotopic (exact) mass is 435 g/mol. The van der Waals surface area contributed by atoms with Gasteiger partial charge in [-0.15, -0.1) is 11.3 Å². The van der Waals surface area contributed by atoms with Crippen molar-refractivity contribution in [2.45, 2.75) is 58.3 Å². The molecule has 1 aliphatic carbocycles. The molecule has 0 saturated heterocycles. The molecule has 1 N–H and O–H groups in total. The van der Waals surface area contributed by atoms with Crippen molar-refractivity contribution in [2.75, 3.05) is 19.0 Å². The van der Waals surface area contributed by atoms with E-state index in [1.165, 1.54) is 52.3 Å². The molecule has 4 rings (SSSR count). The Hall–Kier alpha value is -2.40. The molecule has 0 spiro atoms. The van der Waals surface area contributed by atoms with Crippen LogP contribution in [0.5, 0.6) is 5.75 Å². The van der Waals surface area contributed by atoms with Crippen molar-refractivity contribution < 1.29 is 4.74 Å². The van der Waals surface area contributed by atoms with Crippen LogP contribution in [0.1, 0.15) is 67.5 Å². The summed E-state index contributed by atoms with van der Waals surface area (Å²) in [5.74, 6) is 3.79. The second-order valence-electron chi connectivity index (χ2n) is 8.97. The third kappa shape index (κ3) is 5.27. The van der Waals surface area contributed by atoms with E-state index in [-0.39, 0.29) is 0 Å². The Kier molecular flexibility index (Phi) is 6.91. The van der Waals surface area contributed by atoms with Crippen LogP contribution in [0.25, 0.3) is 10.4 Å². The number of thiazole rings is 1. The molecule has 0 bridgehead atoms. The molecule has 164 valence electrons. The van der Waals surface area contributed by atoms with Gasteiger partial charge in [0.15, 0.2) is 0 Å². The maximum Gasteiger partial charge on any atom is 0.126 e. The summed E-state index contributed by atoms with van der Waals surface area (Å²) in [7, 11) is 1.74. The molecule has 0 unspecified atom stereocenters. The van der Waals surface area contributed by atoms with Crippen LogP contribution in [0, 0.1) is 12.8 Å². The van der Waals surface area contributed by atoms with Crippen LogP contribution in [0.4, 0.5) is 5.82 Å². The molecule has 1 saturated carbocycles. The van der Waals surface area contributed by atoms with Crippen LogP contribution in [-0.4, -0.2) is 23.6 Å². The number of ether oxygens (including phenoxy) is 1. The summed E-state index contributed by atoms with van der Waals surface area (Å²) in [6.45, 7) is 7.50. The zero-order valence-electron chi connectivity index (χ0n) is 19.0. The summed E-state index contributed by atoms with van der Waals surface area (Å²) in [5, 5.41) is 4.77. The number of aryl methyl sites for hydroxylation is 1. The lowest BCUT2D eigenvalue weighted by molar-refractivity contribution is 0.338. The predicted molar refractivity (Wildman–Crippen MR) is 130 cm³/mol. The van der Waals surface area contributed by atoms with E-state index < -0.39 is 0 Å². The topological polar surface area (TPSA) is 47.0 Å². The molecule has 0 radical (unpaired) electrons. The van der Waals surface area contributed by atoms with Crippen LogP contribution in [0.3, 0.4) is 0 Å². The van der Waals surface area contributed by atoms with E-state index in [1.54, 1.807) is 18.4 Å². The summed E-state index contributed by atoms with van der Waals surface area (Å²) in [6.07, 6.45) is 8.91. The van der Waals surface area contributed by atoms with Crippen molar-refractivity contribution >= 4 is 17.2 Å². The molecule has 0 amide bonds. The van der Waals surface area contributed by atoms with Crippen LogP contribution in [0.15, 0.2) is 42.7 Å². The van der Waals surface area contributed by atoms with Gasteiger partial charge in [0, 0.05) is 24.9 Å². The van der Waals surface area contributed by atoms with Gasteiger partial charge in [0.05, 0.1) is 17.0 Å². The minimum atomic E-state index is 0.468. The normalized spacial score (nSPS) is 18.9. The first-order valence-electron chi connectivity index (χ1n) is 11.3. The minimum Gasteiger partial charge on any atom is -0.496 e. The molecule has 1 aromatic carbocycles. The summed E-state index contributed by atoms with van der Waals surface area (Å²) in [4.78, 5) is 10.3. The molecule has 1 aliphatic rings. The van der Waals surface area contributed by atoms with Gasteiger partial charge in [0.1, 0.15) is 11.6 Å². The van der Waals surface area contributed by atoms with Crippen LogP contribution in [-0.2, 0) is 0 Å². The molecule has 0 atom stereocenters. The maximum atomic E-state index is 5.41. The Morgan fingerprint density at radius 3 is 2.58 bits per heavy atom. The lowest BCUT2D eigenvalue weighted by Crippen LogP contribution is -2.21. The molecular weight excluding hydrogens is 402 g/mol. The molecule has 2 aromatic heterocycles. The Morgan fingerprint density at radius 2 is 1.90 bits per heavy atom. The molecule has 0 aliphatic heterocycles. The van der Waals surface area contributed by atoms with Gasteiger partial charge in [-0.3, -0.25) is 0 Å². The quantitative estimate of drug-likeness (QED) is 0.433. The van der Waals surface area contributed by atoms with Crippen molar-refractivity contribution in [1.29, 1.82) is 0 Å². The largest absolute Gasteiger partial charge is 0.496 e. The van der Waals surface area contributed by atoms with Gasteiger partial charge in [-0.25, -0.2) is 9.97 Å². The van der Waals surface area contributed by atoms with Crippen molar-refractivity contribution in [3.63, 3.8) is 0 Å². The van der Waals surface area contributed by atoms with Crippen LogP contribution in [0.2, 0.25) is 0 Å². The van der Waals surface area contributed by atoms with E-state index >= 15 is 0 Å². The number of pyridine rings is 1. The Labute approximate surface area is 190 Å². The Bertz CT molecular complexity index is 1010. The number of nitrogens with one attached hydrogen (secondary N) is 1. The zero-order valence-corrected chi connectivity index (χ0v) is 19.8. The fraction of sp³-hybridized carbons (Fsp3) is 0.462. The van der Waals surface area contributed by atoms with Crippen molar-refractivity contribution in [3.8, 4) is 16.2 Å². The highest BCUT2D eigenvalue weighted by atomic mass is 32.1. The molecule has 31 heavy (non-hydrogen) atoms. The standard InChI is InChI=1S/C26H33N3OS/c1-17(2)26-29-16-24(31-26)22-11-12-27-25(14-22)28-15-19-5-7-20(8-6-19)21-9-10-23(30-4)18(3)13-21/h9-14,16-17,19-20H,5-8,15H2,1-4H3,(H,27,28). The first-order chi connectivity index (χ1) is 15.0. The van der Waals surface area contributed by atoms with Gasteiger partial charge in [-0.1, -0.05) is 26.0 Å². The number of benzene rings is 1. The third-order valence-corrected chi connectivity index (χ3v) is 7.72. The van der Waals surface area contributed by atoms with E-state index in [1.807, 2.05) is 12.4 Å². The first-order valence-corrected chi connectivity index (χ1v) is 12.2. The second kappa shape index (κ2) is 9.82. The van der Waals surface area contributed by atoms with Gasteiger partial charge < -0.3 is 10.1 Å². The van der Waals surface area contributed by atoms with Crippen molar-refractivity contribution in [1.82, 2.24) is 9.97 Å². The number of hydrogen-bond acceptors (Lipinski definition) is 5. The van der Waals surface area contributed by atoms with Crippen molar-refractivity contribution in [3.05, 3.63) is 58.9 Å². The first kappa shape index (κ1) is 21.8. The number of methoxy groups -OCH3 is 1. The smallest absolute Gasteiger partial charge is 0.126 e. The van der Waals surface area contributed by atoms with Crippen molar-refractivity contribution in [2.24, 2.45) is 5.92 Å². The number of anilines is 1. The minimum absolute atomic E-state index is 0.468. The Balaban J connectivity index is 1.31. The fourth-order valence-electron chi connectivity index (χ4n) is 4.47. The summed E-state index contributed by atoms with van der Waals surface area (Å²) < 4.78 is 5.41. The molecule has 2 heterocycles. The third-order valence-electron chi connectivity index (χ3n) is 6.37. The maximum absolute atomic E-state index is 5.41. The van der Waals surface area contributed by atoms with E-state index in [4.69, 9.17) is 4.74 Å². The van der Waals surface area contributed by atoms with E-state index in [9.17, 15) is 0 Å². The molecule has 3 aromatic rings. The molecule has 4 nitrogen and oxygen atoms in total. The van der Waals surface area contributed by atoms with Gasteiger partial charge in [0.25, 0.3) is 0 Å². The summed E-state index contributed by atoms with van der Waals surface area (Å²) in [5.41, 5.74) is 3.89. The average Bonchev–Trinajstić information content (AvgIpc) is 3.29. The Morgan fingerprint density at radius 1 is 1.10 bits per heavy atom. The highest BCUT2D eigenvalue weighted by Crippen LogP contribution is 2.37. The second-order valence-corrected chi connectivity index (χ2v) is 10.0. The van der Waals surface area contributed by atoms with Crippen LogP contribution < -0.4 is 10.1 Å². The lowest BCUT2D eigenvalue weighted by atomic mass is 9.78. The van der Waals surface area contributed by atoms with Crippen LogP contribution >= 0.6 is 11.3 Å². The van der Waals surface area contributed by atoms with Gasteiger partial charge in [-0.2, -0.15) is 0 Å². The van der Waals surface area contributed by atoms with E-state index in [2.05, 4.69) is 66.4 Å². The summed E-state index contributed by atoms with van der Waals surface area (Å²) >= 11 is 1.78. The zero-order chi connectivity index (χ0) is 21.8. The summed E-state index contributed by atoms with van der Waals surface area (Å²) in [6, 6.07) is 10.9. The predicted octanol–water partition coefficient (Wildman–Crippen LogP) is 7.03. The fourth-order valence-corrected chi connectivity index (χ4v) is 5.39. The lowest BCUT2D eigenvalue weighted by Gasteiger charge is -2.29. The SMILES string of the molecule is COc1ccc(C2CCC(CNc3cc(-c4cnc(C(C)C)s4)ccn3)CC2)cc1C. The molecule has 5 heteroatoms. The van der Waals surface area contributed by atoms with Gasteiger partial charge in [0.2, 0.25) is 0 Å². The van der Waals surface area contributed by atoms with Gasteiger partial charge >= 0.3 is 0 Å².